The molecule has 10 heteroatoms. The molecule has 0 bridgehead atoms. The average Bonchev–Trinajstić information content (AvgIpc) is 3.42. The zero-order valence-electron chi connectivity index (χ0n) is 24.6. The van der Waals surface area contributed by atoms with Crippen molar-refractivity contribution in [3.8, 4) is 11.6 Å². The van der Waals surface area contributed by atoms with Crippen molar-refractivity contribution in [3.63, 3.8) is 0 Å². The number of aromatic nitrogens is 5. The SMILES string of the molecule is COc1nc2ccc(C(O)(c3ccc(C)nc3C)c3cnnn3C)cc2c(Cl)c1OCC(C)(C)OCc1ccccc1. The van der Waals surface area contributed by atoms with Crippen LogP contribution in [0.1, 0.15) is 47.6 Å². The Bertz CT molecular complexity index is 1720. The van der Waals surface area contributed by atoms with Crippen LogP contribution in [0.3, 0.4) is 0 Å². The van der Waals surface area contributed by atoms with Crippen LogP contribution in [0.5, 0.6) is 11.6 Å². The minimum Gasteiger partial charge on any atom is -0.484 e. The normalized spacial score (nSPS) is 13.2. The van der Waals surface area contributed by atoms with Gasteiger partial charge < -0.3 is 19.3 Å². The van der Waals surface area contributed by atoms with Crippen molar-refractivity contribution in [2.75, 3.05) is 13.7 Å². The summed E-state index contributed by atoms with van der Waals surface area (Å²) in [4.78, 5) is 9.26. The van der Waals surface area contributed by atoms with Gasteiger partial charge in [-0.3, -0.25) is 4.98 Å². The maximum atomic E-state index is 12.5. The standard InChI is InChI=1S/C32H34ClN5O4/c1-20-12-14-25(21(2)35-20)32(39,27-17-34-37-38(27)5)23-13-15-26-24(16-23)28(33)29(30(36-26)40-6)41-19-31(3,4)42-18-22-10-8-7-9-11-22/h7-17,39H,18-19H2,1-6H3. The molecular formula is C32H34ClN5O4. The predicted molar refractivity (Wildman–Crippen MR) is 161 cm³/mol. The first-order valence-electron chi connectivity index (χ1n) is 13.5. The Morgan fingerprint density at radius 3 is 2.43 bits per heavy atom. The fraction of sp³-hybridized carbons (Fsp3) is 0.312. The molecule has 0 aliphatic rings. The maximum absolute atomic E-state index is 12.5. The Balaban J connectivity index is 1.55. The summed E-state index contributed by atoms with van der Waals surface area (Å²) in [6.45, 7) is 8.31. The van der Waals surface area contributed by atoms with E-state index in [0.29, 0.717) is 50.8 Å². The van der Waals surface area contributed by atoms with Gasteiger partial charge in [0.15, 0.2) is 5.60 Å². The molecule has 0 aliphatic heterocycles. The number of methoxy groups -OCH3 is 1. The van der Waals surface area contributed by atoms with Crippen LogP contribution in [0.2, 0.25) is 5.02 Å². The number of aliphatic hydroxyl groups is 1. The number of pyridine rings is 2. The summed E-state index contributed by atoms with van der Waals surface area (Å²) in [5.41, 5.74) is 2.52. The van der Waals surface area contributed by atoms with E-state index >= 15 is 0 Å². The minimum absolute atomic E-state index is 0.196. The lowest BCUT2D eigenvalue weighted by Gasteiger charge is -2.30. The van der Waals surface area contributed by atoms with E-state index in [-0.39, 0.29) is 12.5 Å². The molecule has 218 valence electrons. The van der Waals surface area contributed by atoms with Gasteiger partial charge in [0.05, 0.1) is 41.7 Å². The molecule has 1 N–H and O–H groups in total. The van der Waals surface area contributed by atoms with Gasteiger partial charge in [0.25, 0.3) is 5.88 Å². The fourth-order valence-electron chi connectivity index (χ4n) is 4.94. The smallest absolute Gasteiger partial charge is 0.258 e. The number of benzene rings is 2. The highest BCUT2D eigenvalue weighted by molar-refractivity contribution is 6.37. The molecular weight excluding hydrogens is 554 g/mol. The van der Waals surface area contributed by atoms with E-state index in [2.05, 4.69) is 20.3 Å². The van der Waals surface area contributed by atoms with E-state index in [4.69, 9.17) is 25.8 Å². The van der Waals surface area contributed by atoms with Gasteiger partial charge in [0.1, 0.15) is 6.61 Å². The number of aryl methyl sites for hydroxylation is 3. The van der Waals surface area contributed by atoms with E-state index in [1.165, 1.54) is 7.11 Å². The summed E-state index contributed by atoms with van der Waals surface area (Å²) in [5.74, 6) is 0.544. The van der Waals surface area contributed by atoms with Gasteiger partial charge in [-0.15, -0.1) is 5.10 Å². The number of halogens is 1. The number of ether oxygens (including phenoxy) is 3. The Labute approximate surface area is 250 Å². The van der Waals surface area contributed by atoms with Crippen molar-refractivity contribution in [2.45, 2.75) is 45.5 Å². The second kappa shape index (κ2) is 11.7. The Kier molecular flexibility index (Phi) is 8.19. The molecule has 5 rings (SSSR count). The van der Waals surface area contributed by atoms with E-state index < -0.39 is 11.2 Å². The monoisotopic (exact) mass is 587 g/mol. The van der Waals surface area contributed by atoms with Gasteiger partial charge in [-0.2, -0.15) is 0 Å². The number of rotatable bonds is 10. The lowest BCUT2D eigenvalue weighted by atomic mass is 9.82. The van der Waals surface area contributed by atoms with Crippen molar-refractivity contribution in [1.29, 1.82) is 0 Å². The fourth-order valence-corrected chi connectivity index (χ4v) is 5.23. The van der Waals surface area contributed by atoms with Crippen molar-refractivity contribution >= 4 is 22.5 Å². The van der Waals surface area contributed by atoms with Crippen LogP contribution in [0.15, 0.2) is 66.9 Å². The van der Waals surface area contributed by atoms with Crippen LogP contribution in [0, 0.1) is 13.8 Å². The van der Waals surface area contributed by atoms with Crippen LogP contribution in [0.4, 0.5) is 0 Å². The molecule has 1 atom stereocenters. The second-order valence-corrected chi connectivity index (χ2v) is 11.2. The van der Waals surface area contributed by atoms with Gasteiger partial charge >= 0.3 is 0 Å². The molecule has 0 amide bonds. The molecule has 0 saturated carbocycles. The lowest BCUT2D eigenvalue weighted by Crippen LogP contribution is -2.33. The molecule has 5 aromatic rings. The van der Waals surface area contributed by atoms with Crippen LogP contribution in [-0.2, 0) is 24.0 Å². The van der Waals surface area contributed by atoms with Gasteiger partial charge in [-0.05, 0) is 57.0 Å². The quantitative estimate of drug-likeness (QED) is 0.222. The van der Waals surface area contributed by atoms with Crippen LogP contribution >= 0.6 is 11.6 Å². The van der Waals surface area contributed by atoms with E-state index in [1.807, 2.05) is 70.2 Å². The number of hydrogen-bond acceptors (Lipinski definition) is 8. The van der Waals surface area contributed by atoms with E-state index in [9.17, 15) is 5.11 Å². The highest BCUT2D eigenvalue weighted by Gasteiger charge is 2.39. The summed E-state index contributed by atoms with van der Waals surface area (Å²) in [6.07, 6.45) is 1.55. The predicted octanol–water partition coefficient (Wildman–Crippen LogP) is 5.70. The number of fused-ring (bicyclic) bond motifs is 1. The topological polar surface area (TPSA) is 104 Å². The molecule has 42 heavy (non-hydrogen) atoms. The van der Waals surface area contributed by atoms with Crippen LogP contribution in [-0.4, -0.2) is 49.4 Å². The molecule has 3 aromatic heterocycles. The Hall–Kier alpha value is -4.05. The largest absolute Gasteiger partial charge is 0.484 e. The zero-order chi connectivity index (χ0) is 30.1. The van der Waals surface area contributed by atoms with Crippen LogP contribution < -0.4 is 9.47 Å². The van der Waals surface area contributed by atoms with Crippen LogP contribution in [0.25, 0.3) is 10.9 Å². The third-order valence-corrected chi connectivity index (χ3v) is 7.57. The Morgan fingerprint density at radius 1 is 1.00 bits per heavy atom. The van der Waals surface area contributed by atoms with Gasteiger partial charge in [-0.1, -0.05) is 59.3 Å². The minimum atomic E-state index is -1.63. The molecule has 3 heterocycles. The summed E-state index contributed by atoms with van der Waals surface area (Å²) in [6, 6.07) is 19.1. The summed E-state index contributed by atoms with van der Waals surface area (Å²) in [5, 5.41) is 21.5. The highest BCUT2D eigenvalue weighted by Crippen LogP contribution is 2.43. The third-order valence-electron chi connectivity index (χ3n) is 7.20. The molecule has 9 nitrogen and oxygen atoms in total. The molecule has 0 spiro atoms. The molecule has 0 fully saturated rings. The molecule has 0 radical (unpaired) electrons. The second-order valence-electron chi connectivity index (χ2n) is 10.9. The first kappa shape index (κ1) is 29.4. The molecule has 1 unspecified atom stereocenters. The van der Waals surface area contributed by atoms with Crippen molar-refractivity contribution in [3.05, 3.63) is 106 Å². The molecule has 2 aromatic carbocycles. The summed E-state index contributed by atoms with van der Waals surface area (Å²) < 4.78 is 19.5. The maximum Gasteiger partial charge on any atom is 0.258 e. The highest BCUT2D eigenvalue weighted by atomic mass is 35.5. The Morgan fingerprint density at radius 2 is 1.76 bits per heavy atom. The molecule has 0 saturated heterocycles. The summed E-state index contributed by atoms with van der Waals surface area (Å²) in [7, 11) is 3.25. The first-order valence-corrected chi connectivity index (χ1v) is 13.9. The van der Waals surface area contributed by atoms with Crippen molar-refractivity contribution < 1.29 is 19.3 Å². The number of nitrogens with zero attached hydrogens (tertiary/aromatic N) is 5. The van der Waals surface area contributed by atoms with E-state index in [1.54, 1.807) is 36.1 Å². The third kappa shape index (κ3) is 5.68. The lowest BCUT2D eigenvalue weighted by molar-refractivity contribution is -0.0573. The van der Waals surface area contributed by atoms with Gasteiger partial charge in [0.2, 0.25) is 5.75 Å². The average molecular weight is 588 g/mol. The molecule has 0 aliphatic carbocycles. The zero-order valence-corrected chi connectivity index (χ0v) is 25.3. The van der Waals surface area contributed by atoms with E-state index in [0.717, 1.165) is 11.3 Å². The van der Waals surface area contributed by atoms with Crippen molar-refractivity contribution in [2.24, 2.45) is 7.05 Å². The summed E-state index contributed by atoms with van der Waals surface area (Å²) >= 11 is 6.99. The number of hydrogen-bond donors (Lipinski definition) is 1. The van der Waals surface area contributed by atoms with Crippen molar-refractivity contribution in [1.82, 2.24) is 25.0 Å². The van der Waals surface area contributed by atoms with Gasteiger partial charge in [0, 0.05) is 29.4 Å². The first-order chi connectivity index (χ1) is 20.0. The van der Waals surface area contributed by atoms with Gasteiger partial charge in [-0.25, -0.2) is 9.67 Å².